The highest BCUT2D eigenvalue weighted by Crippen LogP contribution is 2.23. The predicted molar refractivity (Wildman–Crippen MR) is 99.8 cm³/mol. The van der Waals surface area contributed by atoms with E-state index in [1.54, 1.807) is 6.20 Å². The van der Waals surface area contributed by atoms with Crippen molar-refractivity contribution in [3.05, 3.63) is 42.1 Å². The SMILES string of the molecule is Cl.NCCCOC1CCN(C(=O)c2cn[nH]c2-c2ccccc2)CC1. The lowest BCUT2D eigenvalue weighted by Crippen LogP contribution is -2.41. The molecule has 0 unspecified atom stereocenters. The Balaban J connectivity index is 0.00000225. The van der Waals surface area contributed by atoms with Crippen LogP contribution in [0.1, 0.15) is 29.6 Å². The minimum absolute atomic E-state index is 0. The molecule has 3 rings (SSSR count). The summed E-state index contributed by atoms with van der Waals surface area (Å²) in [6.07, 6.45) is 4.48. The first-order valence-electron chi connectivity index (χ1n) is 8.49. The van der Waals surface area contributed by atoms with E-state index in [2.05, 4.69) is 10.2 Å². The number of aromatic amines is 1. The van der Waals surface area contributed by atoms with Gasteiger partial charge in [0.25, 0.3) is 5.91 Å². The number of halogens is 1. The summed E-state index contributed by atoms with van der Waals surface area (Å²) in [5.74, 6) is 0.0306. The molecule has 0 atom stereocenters. The highest BCUT2D eigenvalue weighted by Gasteiger charge is 2.26. The van der Waals surface area contributed by atoms with E-state index in [0.717, 1.165) is 30.5 Å². The summed E-state index contributed by atoms with van der Waals surface area (Å²) < 4.78 is 5.80. The second-order valence-electron chi connectivity index (χ2n) is 6.03. The van der Waals surface area contributed by atoms with Crippen LogP contribution < -0.4 is 5.73 Å². The second kappa shape index (κ2) is 9.56. The van der Waals surface area contributed by atoms with E-state index in [1.165, 1.54) is 0 Å². The number of rotatable bonds is 6. The Kier molecular flexibility index (Phi) is 7.43. The van der Waals surface area contributed by atoms with Crippen LogP contribution in [0.5, 0.6) is 0 Å². The number of amides is 1. The lowest BCUT2D eigenvalue weighted by atomic mass is 10.0. The number of carbonyl (C=O) groups excluding carboxylic acids is 1. The maximum Gasteiger partial charge on any atom is 0.257 e. The Hall–Kier alpha value is -1.89. The van der Waals surface area contributed by atoms with Crippen molar-refractivity contribution in [3.8, 4) is 11.3 Å². The van der Waals surface area contributed by atoms with Gasteiger partial charge in [0.15, 0.2) is 0 Å². The lowest BCUT2D eigenvalue weighted by Gasteiger charge is -2.32. The summed E-state index contributed by atoms with van der Waals surface area (Å²) in [6.45, 7) is 2.78. The van der Waals surface area contributed by atoms with Crippen LogP contribution in [0, 0.1) is 0 Å². The van der Waals surface area contributed by atoms with Crippen molar-refractivity contribution in [2.45, 2.75) is 25.4 Å². The molecule has 1 aromatic heterocycles. The van der Waals surface area contributed by atoms with E-state index in [4.69, 9.17) is 10.5 Å². The predicted octanol–water partition coefficient (Wildman–Crippen LogP) is 2.47. The van der Waals surface area contributed by atoms with Crippen LogP contribution in [0.15, 0.2) is 36.5 Å². The van der Waals surface area contributed by atoms with Crippen LogP contribution >= 0.6 is 12.4 Å². The summed E-state index contributed by atoms with van der Waals surface area (Å²) in [7, 11) is 0. The van der Waals surface area contributed by atoms with Crippen LogP contribution in [-0.4, -0.2) is 53.3 Å². The minimum Gasteiger partial charge on any atom is -0.378 e. The number of piperidine rings is 1. The van der Waals surface area contributed by atoms with Gasteiger partial charge in [0.1, 0.15) is 0 Å². The number of benzene rings is 1. The molecule has 2 heterocycles. The number of hydrogen-bond donors (Lipinski definition) is 2. The van der Waals surface area contributed by atoms with Gasteiger partial charge < -0.3 is 15.4 Å². The first kappa shape index (κ1) is 19.4. The van der Waals surface area contributed by atoms with Gasteiger partial charge in [-0.1, -0.05) is 30.3 Å². The normalized spacial score (nSPS) is 15.0. The van der Waals surface area contributed by atoms with E-state index in [1.807, 2.05) is 35.2 Å². The summed E-state index contributed by atoms with van der Waals surface area (Å²) in [4.78, 5) is 14.7. The quantitative estimate of drug-likeness (QED) is 0.771. The Labute approximate surface area is 154 Å². The zero-order chi connectivity index (χ0) is 16.8. The summed E-state index contributed by atoms with van der Waals surface area (Å²) >= 11 is 0. The molecule has 136 valence electrons. The van der Waals surface area contributed by atoms with Gasteiger partial charge in [-0.15, -0.1) is 12.4 Å². The average Bonchev–Trinajstić information content (AvgIpc) is 3.12. The summed E-state index contributed by atoms with van der Waals surface area (Å²) in [5.41, 5.74) is 7.86. The van der Waals surface area contributed by atoms with Gasteiger partial charge in [0.2, 0.25) is 0 Å². The fourth-order valence-electron chi connectivity index (χ4n) is 3.00. The number of nitrogens with zero attached hydrogens (tertiary/aromatic N) is 2. The minimum atomic E-state index is 0. The van der Waals surface area contributed by atoms with Crippen molar-refractivity contribution in [1.29, 1.82) is 0 Å². The molecule has 1 saturated heterocycles. The summed E-state index contributed by atoms with van der Waals surface area (Å²) in [5, 5.41) is 7.02. The number of likely N-dealkylation sites (tertiary alicyclic amines) is 1. The molecule has 1 amide bonds. The van der Waals surface area contributed by atoms with Crippen molar-refractivity contribution in [3.63, 3.8) is 0 Å². The van der Waals surface area contributed by atoms with Gasteiger partial charge in [-0.25, -0.2) is 0 Å². The van der Waals surface area contributed by atoms with E-state index in [0.29, 0.717) is 31.8 Å². The van der Waals surface area contributed by atoms with Crippen LogP contribution in [0.2, 0.25) is 0 Å². The van der Waals surface area contributed by atoms with Crippen molar-refractivity contribution in [2.24, 2.45) is 5.73 Å². The van der Waals surface area contributed by atoms with Crippen molar-refractivity contribution >= 4 is 18.3 Å². The number of ether oxygens (including phenoxy) is 1. The summed E-state index contributed by atoms with van der Waals surface area (Å²) in [6, 6.07) is 9.81. The Morgan fingerprint density at radius 1 is 1.28 bits per heavy atom. The molecule has 0 radical (unpaired) electrons. The van der Waals surface area contributed by atoms with E-state index < -0.39 is 0 Å². The molecule has 1 fully saturated rings. The number of nitrogens with two attached hydrogens (primary N) is 1. The molecule has 6 nitrogen and oxygen atoms in total. The van der Waals surface area contributed by atoms with Crippen LogP contribution in [-0.2, 0) is 4.74 Å². The fourth-order valence-corrected chi connectivity index (χ4v) is 3.00. The molecule has 1 aliphatic heterocycles. The van der Waals surface area contributed by atoms with E-state index in [-0.39, 0.29) is 24.4 Å². The maximum absolute atomic E-state index is 12.8. The number of hydrogen-bond acceptors (Lipinski definition) is 4. The second-order valence-corrected chi connectivity index (χ2v) is 6.03. The first-order chi connectivity index (χ1) is 11.8. The van der Waals surface area contributed by atoms with Crippen LogP contribution in [0.4, 0.5) is 0 Å². The zero-order valence-electron chi connectivity index (χ0n) is 14.2. The lowest BCUT2D eigenvalue weighted by molar-refractivity contribution is 0.00847. The first-order valence-corrected chi connectivity index (χ1v) is 8.49. The molecule has 3 N–H and O–H groups in total. The topological polar surface area (TPSA) is 84.2 Å². The highest BCUT2D eigenvalue weighted by atomic mass is 35.5. The molecule has 0 aliphatic carbocycles. The molecule has 0 bridgehead atoms. The molecule has 7 heteroatoms. The molecule has 0 spiro atoms. The number of H-pyrrole nitrogens is 1. The zero-order valence-corrected chi connectivity index (χ0v) is 15.0. The fraction of sp³-hybridized carbons (Fsp3) is 0.444. The van der Waals surface area contributed by atoms with Gasteiger partial charge in [0, 0.05) is 25.3 Å². The van der Waals surface area contributed by atoms with Crippen LogP contribution in [0.3, 0.4) is 0 Å². The Morgan fingerprint density at radius 3 is 2.68 bits per heavy atom. The third-order valence-corrected chi connectivity index (χ3v) is 4.36. The maximum atomic E-state index is 12.8. The smallest absolute Gasteiger partial charge is 0.257 e. The molecule has 2 aromatic rings. The number of aromatic nitrogens is 2. The largest absolute Gasteiger partial charge is 0.378 e. The molecule has 0 saturated carbocycles. The van der Waals surface area contributed by atoms with E-state index >= 15 is 0 Å². The van der Waals surface area contributed by atoms with Crippen molar-refractivity contribution < 1.29 is 9.53 Å². The average molecular weight is 365 g/mol. The van der Waals surface area contributed by atoms with Crippen molar-refractivity contribution in [2.75, 3.05) is 26.2 Å². The van der Waals surface area contributed by atoms with Crippen molar-refractivity contribution in [1.82, 2.24) is 15.1 Å². The number of nitrogens with one attached hydrogen (secondary N) is 1. The van der Waals surface area contributed by atoms with Gasteiger partial charge in [-0.05, 0) is 25.8 Å². The monoisotopic (exact) mass is 364 g/mol. The number of carbonyl (C=O) groups is 1. The standard InChI is InChI=1S/C18H24N4O2.ClH/c19-9-4-12-24-15-7-10-22(11-8-15)18(23)16-13-20-21-17(16)14-5-2-1-3-6-14;/h1-3,5-6,13,15H,4,7-12,19H2,(H,20,21);1H. The third kappa shape index (κ3) is 4.81. The highest BCUT2D eigenvalue weighted by molar-refractivity contribution is 5.99. The van der Waals surface area contributed by atoms with E-state index in [9.17, 15) is 4.79 Å². The molecular formula is C18H25ClN4O2. The third-order valence-electron chi connectivity index (χ3n) is 4.36. The molecule has 1 aliphatic rings. The van der Waals surface area contributed by atoms with Gasteiger partial charge >= 0.3 is 0 Å². The van der Waals surface area contributed by atoms with Gasteiger partial charge in [-0.2, -0.15) is 5.10 Å². The van der Waals surface area contributed by atoms with Gasteiger partial charge in [-0.3, -0.25) is 9.89 Å². The molecule has 25 heavy (non-hydrogen) atoms. The Bertz CT molecular complexity index is 654. The van der Waals surface area contributed by atoms with Gasteiger partial charge in [0.05, 0.1) is 23.6 Å². The van der Waals surface area contributed by atoms with Crippen LogP contribution in [0.25, 0.3) is 11.3 Å². The molecular weight excluding hydrogens is 340 g/mol. The molecule has 1 aromatic carbocycles. The Morgan fingerprint density at radius 2 is 2.00 bits per heavy atom.